The Bertz CT molecular complexity index is 535. The van der Waals surface area contributed by atoms with Crippen LogP contribution < -0.4 is 10.2 Å². The Kier molecular flexibility index (Phi) is 3.72. The summed E-state index contributed by atoms with van der Waals surface area (Å²) in [6.45, 7) is 0.656. The molecular formula is C12H16ClN5. The Labute approximate surface area is 111 Å². The highest BCUT2D eigenvalue weighted by molar-refractivity contribution is 6.33. The van der Waals surface area contributed by atoms with Crippen molar-refractivity contribution in [1.29, 1.82) is 0 Å². The Morgan fingerprint density at radius 1 is 1.39 bits per heavy atom. The molecule has 0 spiro atoms. The smallest absolute Gasteiger partial charge is 0.204 e. The maximum Gasteiger partial charge on any atom is 0.204 e. The average Bonchev–Trinajstić information content (AvgIpc) is 2.70. The standard InChI is InChI=1S/C12H16ClN5/c1-17(2)12-16-7-9(18(12)3)6-15-11-8-14-5-4-10(11)13/h4-5,7-8,15H,6H2,1-3H3. The molecule has 0 aromatic carbocycles. The molecule has 0 fully saturated rings. The Morgan fingerprint density at radius 3 is 2.78 bits per heavy atom. The van der Waals surface area contributed by atoms with E-state index in [9.17, 15) is 0 Å². The molecule has 0 aliphatic rings. The summed E-state index contributed by atoms with van der Waals surface area (Å²) in [7, 11) is 5.93. The summed E-state index contributed by atoms with van der Waals surface area (Å²) >= 11 is 6.05. The van der Waals surface area contributed by atoms with Gasteiger partial charge >= 0.3 is 0 Å². The molecule has 0 atom stereocenters. The monoisotopic (exact) mass is 265 g/mol. The van der Waals surface area contributed by atoms with Gasteiger partial charge in [0.2, 0.25) is 5.95 Å². The van der Waals surface area contributed by atoms with Gasteiger partial charge in [0.1, 0.15) is 0 Å². The second kappa shape index (κ2) is 5.27. The molecule has 0 amide bonds. The van der Waals surface area contributed by atoms with Crippen LogP contribution in [0.4, 0.5) is 11.6 Å². The minimum absolute atomic E-state index is 0.656. The van der Waals surface area contributed by atoms with Crippen LogP contribution in [0, 0.1) is 0 Å². The van der Waals surface area contributed by atoms with Crippen LogP contribution in [0.3, 0.4) is 0 Å². The molecule has 0 aliphatic heterocycles. The summed E-state index contributed by atoms with van der Waals surface area (Å²) in [6, 6.07) is 1.76. The third-order valence-electron chi connectivity index (χ3n) is 2.69. The molecule has 0 bridgehead atoms. The molecule has 0 aliphatic carbocycles. The number of hydrogen-bond acceptors (Lipinski definition) is 4. The van der Waals surface area contributed by atoms with Crippen molar-refractivity contribution in [2.24, 2.45) is 7.05 Å². The van der Waals surface area contributed by atoms with Gasteiger partial charge in [-0.05, 0) is 6.07 Å². The number of rotatable bonds is 4. The molecule has 6 heteroatoms. The van der Waals surface area contributed by atoms with Crippen molar-refractivity contribution in [1.82, 2.24) is 14.5 Å². The third-order valence-corrected chi connectivity index (χ3v) is 3.02. The summed E-state index contributed by atoms with van der Waals surface area (Å²) in [5, 5.41) is 3.92. The highest BCUT2D eigenvalue weighted by atomic mass is 35.5. The predicted molar refractivity (Wildman–Crippen MR) is 74.1 cm³/mol. The molecule has 96 valence electrons. The number of nitrogens with zero attached hydrogens (tertiary/aromatic N) is 4. The number of pyridine rings is 1. The van der Waals surface area contributed by atoms with Gasteiger partial charge in [0.25, 0.3) is 0 Å². The minimum atomic E-state index is 0.656. The van der Waals surface area contributed by atoms with Gasteiger partial charge in [-0.25, -0.2) is 4.98 Å². The van der Waals surface area contributed by atoms with E-state index in [1.807, 2.05) is 36.8 Å². The second-order valence-corrected chi connectivity index (χ2v) is 4.62. The third kappa shape index (κ3) is 2.56. The first-order valence-corrected chi connectivity index (χ1v) is 5.98. The normalized spacial score (nSPS) is 10.4. The second-order valence-electron chi connectivity index (χ2n) is 4.21. The first kappa shape index (κ1) is 12.7. The molecule has 0 unspecified atom stereocenters. The maximum atomic E-state index is 6.05. The van der Waals surface area contributed by atoms with E-state index in [-0.39, 0.29) is 0 Å². The summed E-state index contributed by atoms with van der Waals surface area (Å²) in [6.07, 6.45) is 5.24. The SMILES string of the molecule is CN(C)c1ncc(CNc2cnccc2Cl)n1C. The predicted octanol–water partition coefficient (Wildman–Crippen LogP) is 2.15. The zero-order valence-electron chi connectivity index (χ0n) is 10.7. The van der Waals surface area contributed by atoms with Crippen LogP contribution in [-0.2, 0) is 13.6 Å². The van der Waals surface area contributed by atoms with Crippen LogP contribution >= 0.6 is 11.6 Å². The number of halogens is 1. The Hall–Kier alpha value is -1.75. The Morgan fingerprint density at radius 2 is 2.17 bits per heavy atom. The van der Waals surface area contributed by atoms with Gasteiger partial charge in [-0.2, -0.15) is 0 Å². The van der Waals surface area contributed by atoms with E-state index in [0.29, 0.717) is 11.6 Å². The first-order valence-electron chi connectivity index (χ1n) is 5.61. The molecule has 5 nitrogen and oxygen atoms in total. The summed E-state index contributed by atoms with van der Waals surface area (Å²) in [5.41, 5.74) is 1.91. The van der Waals surface area contributed by atoms with Crippen molar-refractivity contribution in [3.05, 3.63) is 35.4 Å². The summed E-state index contributed by atoms with van der Waals surface area (Å²) in [4.78, 5) is 10.4. The van der Waals surface area contributed by atoms with Crippen molar-refractivity contribution < 1.29 is 0 Å². The van der Waals surface area contributed by atoms with Crippen LogP contribution in [-0.4, -0.2) is 28.6 Å². The molecule has 18 heavy (non-hydrogen) atoms. The summed E-state index contributed by atoms with van der Waals surface area (Å²) in [5.74, 6) is 0.920. The number of anilines is 2. The molecule has 1 N–H and O–H groups in total. The van der Waals surface area contributed by atoms with E-state index in [1.165, 1.54) is 0 Å². The van der Waals surface area contributed by atoms with E-state index < -0.39 is 0 Å². The van der Waals surface area contributed by atoms with Crippen molar-refractivity contribution in [3.63, 3.8) is 0 Å². The molecule has 0 saturated carbocycles. The Balaban J connectivity index is 2.09. The van der Waals surface area contributed by atoms with Crippen molar-refractivity contribution in [3.8, 4) is 0 Å². The van der Waals surface area contributed by atoms with Gasteiger partial charge in [0.05, 0.1) is 35.3 Å². The number of aromatic nitrogens is 3. The lowest BCUT2D eigenvalue weighted by atomic mass is 10.4. The van der Waals surface area contributed by atoms with Gasteiger partial charge in [-0.15, -0.1) is 0 Å². The molecule has 2 rings (SSSR count). The molecule has 2 aromatic heterocycles. The highest BCUT2D eigenvalue weighted by Gasteiger charge is 2.08. The van der Waals surface area contributed by atoms with Gasteiger partial charge in [0, 0.05) is 27.3 Å². The largest absolute Gasteiger partial charge is 0.377 e. The average molecular weight is 266 g/mol. The van der Waals surface area contributed by atoms with Gasteiger partial charge in [0.15, 0.2) is 0 Å². The van der Waals surface area contributed by atoms with E-state index in [4.69, 9.17) is 11.6 Å². The molecule has 2 heterocycles. The fourth-order valence-electron chi connectivity index (χ4n) is 1.71. The number of hydrogen-bond donors (Lipinski definition) is 1. The lowest BCUT2D eigenvalue weighted by molar-refractivity contribution is 0.814. The van der Waals surface area contributed by atoms with Crippen LogP contribution in [0.1, 0.15) is 5.69 Å². The van der Waals surface area contributed by atoms with E-state index in [0.717, 1.165) is 17.3 Å². The fraction of sp³-hybridized carbons (Fsp3) is 0.333. The van der Waals surface area contributed by atoms with E-state index >= 15 is 0 Å². The zero-order valence-corrected chi connectivity index (χ0v) is 11.4. The molecule has 0 radical (unpaired) electrons. The fourth-order valence-corrected chi connectivity index (χ4v) is 1.88. The van der Waals surface area contributed by atoms with E-state index in [1.54, 1.807) is 18.5 Å². The van der Waals surface area contributed by atoms with Crippen molar-refractivity contribution in [2.45, 2.75) is 6.54 Å². The highest BCUT2D eigenvalue weighted by Crippen LogP contribution is 2.20. The lowest BCUT2D eigenvalue weighted by Gasteiger charge is -2.13. The first-order chi connectivity index (χ1) is 8.59. The molecular weight excluding hydrogens is 250 g/mol. The quantitative estimate of drug-likeness (QED) is 0.920. The van der Waals surface area contributed by atoms with Gasteiger partial charge < -0.3 is 14.8 Å². The molecule has 0 saturated heterocycles. The van der Waals surface area contributed by atoms with Gasteiger partial charge in [-0.3, -0.25) is 4.98 Å². The van der Waals surface area contributed by atoms with Gasteiger partial charge in [-0.1, -0.05) is 11.6 Å². The number of imidazole rings is 1. The van der Waals surface area contributed by atoms with Crippen molar-refractivity contribution in [2.75, 3.05) is 24.3 Å². The topological polar surface area (TPSA) is 46.0 Å². The van der Waals surface area contributed by atoms with Crippen LogP contribution in [0.15, 0.2) is 24.7 Å². The van der Waals surface area contributed by atoms with Crippen LogP contribution in [0.2, 0.25) is 5.02 Å². The van der Waals surface area contributed by atoms with E-state index in [2.05, 4.69) is 15.3 Å². The molecule has 2 aromatic rings. The van der Waals surface area contributed by atoms with Crippen LogP contribution in [0.25, 0.3) is 0 Å². The maximum absolute atomic E-state index is 6.05. The van der Waals surface area contributed by atoms with Crippen molar-refractivity contribution >= 4 is 23.2 Å². The lowest BCUT2D eigenvalue weighted by Crippen LogP contribution is -2.15. The zero-order chi connectivity index (χ0) is 13.1. The van der Waals surface area contributed by atoms with Crippen LogP contribution in [0.5, 0.6) is 0 Å². The number of nitrogens with one attached hydrogen (secondary N) is 1. The minimum Gasteiger partial charge on any atom is -0.377 e. The summed E-state index contributed by atoms with van der Waals surface area (Å²) < 4.78 is 2.04.